The van der Waals surface area contributed by atoms with Gasteiger partial charge in [-0.05, 0) is 12.8 Å². The van der Waals surface area contributed by atoms with E-state index in [0.29, 0.717) is 13.1 Å². The Kier molecular flexibility index (Phi) is 3.24. The zero-order valence-corrected chi connectivity index (χ0v) is 11.1. The molecule has 0 amide bonds. The SMILES string of the molecule is O=[N+]([O-])c1c(N2CCCC2)cc2c(c1[N+](=O)[O-])OCCO2. The van der Waals surface area contributed by atoms with E-state index in [1.807, 2.05) is 0 Å². The Hall–Kier alpha value is -2.58. The standard InChI is InChI=1S/C12H13N3O6/c16-14(17)10-8(13-3-1-2-4-13)7-9-12(11(10)15(18)19)21-6-5-20-9/h7H,1-6H2. The summed E-state index contributed by atoms with van der Waals surface area (Å²) in [7, 11) is 0. The molecule has 2 aliphatic rings. The van der Waals surface area contributed by atoms with E-state index >= 15 is 0 Å². The lowest BCUT2D eigenvalue weighted by Gasteiger charge is -2.22. The summed E-state index contributed by atoms with van der Waals surface area (Å²) in [4.78, 5) is 23.0. The van der Waals surface area contributed by atoms with E-state index in [-0.39, 0.29) is 30.4 Å². The molecule has 0 unspecified atom stereocenters. The molecule has 9 heteroatoms. The highest BCUT2D eigenvalue weighted by Gasteiger charge is 2.40. The molecule has 0 saturated carbocycles. The second kappa shape index (κ2) is 5.08. The molecule has 21 heavy (non-hydrogen) atoms. The maximum absolute atomic E-state index is 11.4. The van der Waals surface area contributed by atoms with E-state index in [2.05, 4.69) is 0 Å². The van der Waals surface area contributed by atoms with Crippen molar-refractivity contribution < 1.29 is 19.3 Å². The average Bonchev–Trinajstić information content (AvgIpc) is 2.98. The summed E-state index contributed by atoms with van der Waals surface area (Å²) < 4.78 is 10.6. The first kappa shape index (κ1) is 13.4. The van der Waals surface area contributed by atoms with Crippen molar-refractivity contribution in [3.05, 3.63) is 26.3 Å². The summed E-state index contributed by atoms with van der Waals surface area (Å²) in [5.74, 6) is 0.0429. The number of nitrogens with zero attached hydrogens (tertiary/aromatic N) is 3. The van der Waals surface area contributed by atoms with Gasteiger partial charge in [0.25, 0.3) is 0 Å². The van der Waals surface area contributed by atoms with E-state index < -0.39 is 21.2 Å². The minimum Gasteiger partial charge on any atom is -0.486 e. The maximum atomic E-state index is 11.4. The highest BCUT2D eigenvalue weighted by atomic mass is 16.6. The van der Waals surface area contributed by atoms with E-state index in [9.17, 15) is 20.2 Å². The quantitative estimate of drug-likeness (QED) is 0.618. The molecule has 0 bridgehead atoms. The number of nitro benzene ring substituents is 2. The molecule has 1 aromatic rings. The van der Waals surface area contributed by atoms with Gasteiger partial charge in [0.2, 0.25) is 5.75 Å². The van der Waals surface area contributed by atoms with Crippen LogP contribution in [0.4, 0.5) is 17.1 Å². The predicted molar refractivity (Wildman–Crippen MR) is 72.2 cm³/mol. The van der Waals surface area contributed by atoms with Gasteiger partial charge in [-0.15, -0.1) is 0 Å². The molecule has 2 aliphatic heterocycles. The fourth-order valence-electron chi connectivity index (χ4n) is 2.69. The Balaban J connectivity index is 2.25. The second-order valence-electron chi connectivity index (χ2n) is 4.83. The van der Waals surface area contributed by atoms with Crippen molar-refractivity contribution in [2.45, 2.75) is 12.8 Å². The van der Waals surface area contributed by atoms with Crippen LogP contribution in [-0.2, 0) is 0 Å². The molecule has 0 aromatic heterocycles. The zero-order valence-electron chi connectivity index (χ0n) is 11.1. The van der Waals surface area contributed by atoms with Crippen LogP contribution >= 0.6 is 0 Å². The largest absolute Gasteiger partial charge is 0.486 e. The van der Waals surface area contributed by atoms with Crippen molar-refractivity contribution in [1.82, 2.24) is 0 Å². The molecule has 112 valence electrons. The van der Waals surface area contributed by atoms with E-state index in [0.717, 1.165) is 12.8 Å². The molecule has 3 rings (SSSR count). The summed E-state index contributed by atoms with van der Waals surface area (Å²) in [6.45, 7) is 1.67. The first-order chi connectivity index (χ1) is 10.1. The number of anilines is 1. The third-order valence-electron chi connectivity index (χ3n) is 3.57. The normalized spacial score (nSPS) is 16.9. The molecular formula is C12H13N3O6. The molecular weight excluding hydrogens is 282 g/mol. The second-order valence-corrected chi connectivity index (χ2v) is 4.83. The van der Waals surface area contributed by atoms with Crippen molar-refractivity contribution in [1.29, 1.82) is 0 Å². The number of fused-ring (bicyclic) bond motifs is 1. The summed E-state index contributed by atoms with van der Waals surface area (Å²) in [6.07, 6.45) is 1.80. The summed E-state index contributed by atoms with van der Waals surface area (Å²) in [5, 5.41) is 22.7. The Morgan fingerprint density at radius 1 is 1.00 bits per heavy atom. The highest BCUT2D eigenvalue weighted by Crippen LogP contribution is 2.50. The Bertz CT molecular complexity index is 612. The minimum atomic E-state index is -0.773. The zero-order chi connectivity index (χ0) is 15.0. The molecule has 1 aromatic carbocycles. The van der Waals surface area contributed by atoms with Gasteiger partial charge in [-0.1, -0.05) is 0 Å². The number of nitro groups is 2. The van der Waals surface area contributed by atoms with Gasteiger partial charge >= 0.3 is 11.4 Å². The monoisotopic (exact) mass is 295 g/mol. The van der Waals surface area contributed by atoms with Crippen LogP contribution in [0, 0.1) is 20.2 Å². The molecule has 9 nitrogen and oxygen atoms in total. The average molecular weight is 295 g/mol. The first-order valence-corrected chi connectivity index (χ1v) is 6.60. The van der Waals surface area contributed by atoms with Crippen molar-refractivity contribution in [3.63, 3.8) is 0 Å². The minimum absolute atomic E-state index is 0.133. The number of ether oxygens (including phenoxy) is 2. The van der Waals surface area contributed by atoms with E-state index in [1.54, 1.807) is 4.90 Å². The molecule has 1 fully saturated rings. The lowest BCUT2D eigenvalue weighted by atomic mass is 10.1. The van der Waals surface area contributed by atoms with Crippen molar-refractivity contribution in [2.24, 2.45) is 0 Å². The molecule has 0 spiro atoms. The Morgan fingerprint density at radius 2 is 1.62 bits per heavy atom. The van der Waals surface area contributed by atoms with Crippen LogP contribution in [0.2, 0.25) is 0 Å². The van der Waals surface area contributed by atoms with Crippen LogP contribution in [0.5, 0.6) is 11.5 Å². The first-order valence-electron chi connectivity index (χ1n) is 6.60. The summed E-state index contributed by atoms with van der Waals surface area (Å²) >= 11 is 0. The highest BCUT2D eigenvalue weighted by molar-refractivity contribution is 5.81. The maximum Gasteiger partial charge on any atom is 0.393 e. The van der Waals surface area contributed by atoms with Gasteiger partial charge in [-0.3, -0.25) is 20.2 Å². The van der Waals surface area contributed by atoms with Gasteiger partial charge in [-0.2, -0.15) is 0 Å². The molecule has 1 saturated heterocycles. The van der Waals surface area contributed by atoms with Crippen LogP contribution in [0.25, 0.3) is 0 Å². The number of hydrogen-bond acceptors (Lipinski definition) is 7. The third-order valence-corrected chi connectivity index (χ3v) is 3.57. The number of rotatable bonds is 3. The van der Waals surface area contributed by atoms with Gasteiger partial charge < -0.3 is 14.4 Å². The summed E-state index contributed by atoms with van der Waals surface area (Å²) in [5.41, 5.74) is -0.918. The van der Waals surface area contributed by atoms with Crippen LogP contribution in [-0.4, -0.2) is 36.1 Å². The fourth-order valence-corrected chi connectivity index (χ4v) is 2.69. The smallest absolute Gasteiger partial charge is 0.393 e. The van der Waals surface area contributed by atoms with Crippen molar-refractivity contribution in [2.75, 3.05) is 31.2 Å². The lowest BCUT2D eigenvalue weighted by Crippen LogP contribution is -2.22. The van der Waals surface area contributed by atoms with Crippen molar-refractivity contribution >= 4 is 17.1 Å². The van der Waals surface area contributed by atoms with Crippen LogP contribution in [0.15, 0.2) is 6.07 Å². The van der Waals surface area contributed by atoms with Gasteiger partial charge in [0.15, 0.2) is 5.75 Å². The van der Waals surface area contributed by atoms with Crippen LogP contribution in [0.1, 0.15) is 12.8 Å². The third kappa shape index (κ3) is 2.20. The lowest BCUT2D eigenvalue weighted by molar-refractivity contribution is -0.422. The van der Waals surface area contributed by atoms with Crippen LogP contribution in [0.3, 0.4) is 0 Å². The summed E-state index contributed by atoms with van der Waals surface area (Å²) in [6, 6.07) is 1.48. The molecule has 0 N–H and O–H groups in total. The Morgan fingerprint density at radius 3 is 2.24 bits per heavy atom. The number of hydrogen-bond donors (Lipinski definition) is 0. The van der Waals surface area contributed by atoms with Gasteiger partial charge in [0.05, 0.1) is 9.85 Å². The van der Waals surface area contributed by atoms with E-state index in [1.165, 1.54) is 6.07 Å². The molecule has 0 atom stereocenters. The predicted octanol–water partition coefficient (Wildman–Crippen LogP) is 1.87. The van der Waals surface area contributed by atoms with Gasteiger partial charge in [-0.25, -0.2) is 0 Å². The Labute approximate surface area is 119 Å². The van der Waals surface area contributed by atoms with Gasteiger partial charge in [0.1, 0.15) is 18.9 Å². The fraction of sp³-hybridized carbons (Fsp3) is 0.500. The molecule has 0 aliphatic carbocycles. The van der Waals surface area contributed by atoms with Crippen LogP contribution < -0.4 is 14.4 Å². The topological polar surface area (TPSA) is 108 Å². The van der Waals surface area contributed by atoms with Gasteiger partial charge in [0, 0.05) is 19.2 Å². The molecule has 2 heterocycles. The van der Waals surface area contributed by atoms with Crippen molar-refractivity contribution in [3.8, 4) is 11.5 Å². The number of benzene rings is 1. The molecule has 0 radical (unpaired) electrons. The van der Waals surface area contributed by atoms with E-state index in [4.69, 9.17) is 9.47 Å².